The first kappa shape index (κ1) is 12.3. The van der Waals surface area contributed by atoms with Gasteiger partial charge < -0.3 is 4.74 Å². The van der Waals surface area contributed by atoms with Crippen molar-refractivity contribution in [3.8, 4) is 10.4 Å². The van der Waals surface area contributed by atoms with Crippen LogP contribution in [-0.4, -0.2) is 17.6 Å². The molecule has 0 N–H and O–H groups in total. The summed E-state index contributed by atoms with van der Waals surface area (Å²) < 4.78 is 5.67. The lowest BCUT2D eigenvalue weighted by Gasteiger charge is -2.01. The molecule has 2 aromatic rings. The molecule has 0 atom stereocenters. The van der Waals surface area contributed by atoms with Gasteiger partial charge in [-0.25, -0.2) is 9.78 Å². The Morgan fingerprint density at radius 3 is 2.76 bits per heavy atom. The summed E-state index contributed by atoms with van der Waals surface area (Å²) in [5.41, 5.74) is 1.34. The van der Waals surface area contributed by atoms with Crippen LogP contribution in [0.4, 0.5) is 0 Å². The van der Waals surface area contributed by atoms with E-state index < -0.39 is 0 Å². The van der Waals surface area contributed by atoms with Gasteiger partial charge in [-0.3, -0.25) is 0 Å². The van der Waals surface area contributed by atoms with Crippen LogP contribution in [0, 0.1) is 0 Å². The zero-order chi connectivity index (χ0) is 12.3. The van der Waals surface area contributed by atoms with Crippen LogP contribution < -0.4 is 0 Å². The molecule has 1 aromatic heterocycles. The van der Waals surface area contributed by atoms with E-state index in [2.05, 4.69) is 20.9 Å². The zero-order valence-electron chi connectivity index (χ0n) is 9.14. The first-order valence-electron chi connectivity index (χ1n) is 5.11. The minimum absolute atomic E-state index is 0.349. The number of carbonyl (C=O) groups excluding carboxylic acids is 1. The van der Waals surface area contributed by atoms with E-state index in [4.69, 9.17) is 4.74 Å². The molecule has 88 valence electrons. The van der Waals surface area contributed by atoms with Gasteiger partial charge >= 0.3 is 5.97 Å². The second-order valence-corrected chi connectivity index (χ2v) is 5.51. The number of nitrogens with zero attached hydrogens (tertiary/aromatic N) is 1. The van der Waals surface area contributed by atoms with Gasteiger partial charge in [0.2, 0.25) is 0 Å². The molecule has 0 saturated carbocycles. The quantitative estimate of drug-likeness (QED) is 0.810. The number of ether oxygens (including phenoxy) is 1. The third-order valence-electron chi connectivity index (χ3n) is 2.11. The van der Waals surface area contributed by atoms with Crippen LogP contribution in [0.1, 0.15) is 17.4 Å². The third-order valence-corrected chi connectivity index (χ3v) is 3.66. The van der Waals surface area contributed by atoms with Crippen LogP contribution >= 0.6 is 27.3 Å². The van der Waals surface area contributed by atoms with Crippen LogP contribution in [0.5, 0.6) is 0 Å². The SMILES string of the molecule is CCOC(=O)c1nc(Br)sc1-c1ccccc1. The number of hydrogen-bond donors (Lipinski definition) is 0. The van der Waals surface area contributed by atoms with E-state index in [0.29, 0.717) is 16.2 Å². The van der Waals surface area contributed by atoms with Gasteiger partial charge in [0.15, 0.2) is 9.61 Å². The number of hydrogen-bond acceptors (Lipinski definition) is 4. The summed E-state index contributed by atoms with van der Waals surface area (Å²) in [6.45, 7) is 2.13. The Balaban J connectivity index is 2.44. The van der Waals surface area contributed by atoms with Crippen molar-refractivity contribution in [2.24, 2.45) is 0 Å². The lowest BCUT2D eigenvalue weighted by molar-refractivity contribution is 0.0521. The van der Waals surface area contributed by atoms with E-state index in [-0.39, 0.29) is 5.97 Å². The van der Waals surface area contributed by atoms with Gasteiger partial charge in [0, 0.05) is 0 Å². The monoisotopic (exact) mass is 311 g/mol. The standard InChI is InChI=1S/C12H10BrNO2S/c1-2-16-11(15)9-10(17-12(13)14-9)8-6-4-3-5-7-8/h3-7H,2H2,1H3. The molecule has 0 aliphatic carbocycles. The molecule has 3 nitrogen and oxygen atoms in total. The van der Waals surface area contributed by atoms with Crippen molar-refractivity contribution in [3.63, 3.8) is 0 Å². The highest BCUT2D eigenvalue weighted by atomic mass is 79.9. The van der Waals surface area contributed by atoms with E-state index in [9.17, 15) is 4.79 Å². The number of thiazole rings is 1. The molecule has 0 aliphatic rings. The Bertz CT molecular complexity index is 525. The number of benzene rings is 1. The fraction of sp³-hybridized carbons (Fsp3) is 0.167. The lowest BCUT2D eigenvalue weighted by atomic mass is 10.1. The van der Waals surface area contributed by atoms with Crippen LogP contribution in [0.2, 0.25) is 0 Å². The van der Waals surface area contributed by atoms with E-state index >= 15 is 0 Å². The van der Waals surface area contributed by atoms with Gasteiger partial charge in [-0.1, -0.05) is 30.3 Å². The average molecular weight is 312 g/mol. The number of aromatic nitrogens is 1. The van der Waals surface area contributed by atoms with Crippen molar-refractivity contribution in [1.29, 1.82) is 0 Å². The summed E-state index contributed by atoms with van der Waals surface area (Å²) in [5.74, 6) is -0.381. The van der Waals surface area contributed by atoms with Crippen molar-refractivity contribution in [1.82, 2.24) is 4.98 Å². The highest BCUT2D eigenvalue weighted by Gasteiger charge is 2.19. The third kappa shape index (κ3) is 2.73. The zero-order valence-corrected chi connectivity index (χ0v) is 11.5. The Kier molecular flexibility index (Phi) is 3.91. The number of esters is 1. The molecule has 0 radical (unpaired) electrons. The molecule has 0 saturated heterocycles. The number of halogens is 1. The minimum atomic E-state index is -0.381. The molecule has 0 bridgehead atoms. The summed E-state index contributed by atoms with van der Waals surface area (Å²) in [6.07, 6.45) is 0. The van der Waals surface area contributed by atoms with Crippen molar-refractivity contribution in [2.45, 2.75) is 6.92 Å². The molecule has 0 aliphatic heterocycles. The molecule has 1 aromatic carbocycles. The highest BCUT2D eigenvalue weighted by molar-refractivity contribution is 9.11. The van der Waals surface area contributed by atoms with E-state index in [1.54, 1.807) is 6.92 Å². The maximum Gasteiger partial charge on any atom is 0.358 e. The van der Waals surface area contributed by atoms with Crippen LogP contribution in [0.15, 0.2) is 34.2 Å². The van der Waals surface area contributed by atoms with Gasteiger partial charge in [-0.2, -0.15) is 0 Å². The van der Waals surface area contributed by atoms with E-state index in [0.717, 1.165) is 10.4 Å². The first-order valence-corrected chi connectivity index (χ1v) is 6.72. The van der Waals surface area contributed by atoms with Crippen molar-refractivity contribution >= 4 is 33.2 Å². The highest BCUT2D eigenvalue weighted by Crippen LogP contribution is 2.33. The van der Waals surface area contributed by atoms with Crippen molar-refractivity contribution in [3.05, 3.63) is 39.9 Å². The molecule has 0 spiro atoms. The van der Waals surface area contributed by atoms with Gasteiger partial charge in [0.25, 0.3) is 0 Å². The van der Waals surface area contributed by atoms with E-state index in [1.807, 2.05) is 30.3 Å². The molecule has 0 amide bonds. The van der Waals surface area contributed by atoms with Crippen molar-refractivity contribution < 1.29 is 9.53 Å². The van der Waals surface area contributed by atoms with Gasteiger partial charge in [-0.15, -0.1) is 11.3 Å². The Labute approximate surface area is 112 Å². The summed E-state index contributed by atoms with van der Waals surface area (Å²) in [7, 11) is 0. The molecule has 0 fully saturated rings. The number of carbonyl (C=O) groups is 1. The fourth-order valence-corrected chi connectivity index (χ4v) is 2.86. The predicted molar refractivity (Wildman–Crippen MR) is 71.2 cm³/mol. The summed E-state index contributed by atoms with van der Waals surface area (Å²) in [5, 5.41) is 0. The maximum absolute atomic E-state index is 11.8. The predicted octanol–water partition coefficient (Wildman–Crippen LogP) is 3.75. The van der Waals surface area contributed by atoms with Crippen LogP contribution in [0.25, 0.3) is 10.4 Å². The molecular formula is C12H10BrNO2S. The molecule has 0 unspecified atom stereocenters. The lowest BCUT2D eigenvalue weighted by Crippen LogP contribution is -2.06. The average Bonchev–Trinajstić information content (AvgIpc) is 2.73. The second kappa shape index (κ2) is 5.42. The second-order valence-electron chi connectivity index (χ2n) is 3.23. The Morgan fingerprint density at radius 1 is 1.41 bits per heavy atom. The molecular weight excluding hydrogens is 302 g/mol. The normalized spacial score (nSPS) is 10.2. The molecule has 5 heteroatoms. The van der Waals surface area contributed by atoms with Crippen molar-refractivity contribution in [2.75, 3.05) is 6.61 Å². The smallest absolute Gasteiger partial charge is 0.358 e. The van der Waals surface area contributed by atoms with Gasteiger partial charge in [-0.05, 0) is 28.4 Å². The summed E-state index contributed by atoms with van der Waals surface area (Å²) in [6, 6.07) is 9.69. The number of rotatable bonds is 3. The summed E-state index contributed by atoms with van der Waals surface area (Å²) in [4.78, 5) is 16.7. The fourth-order valence-electron chi connectivity index (χ4n) is 1.42. The minimum Gasteiger partial charge on any atom is -0.461 e. The maximum atomic E-state index is 11.8. The first-order chi connectivity index (χ1) is 8.22. The van der Waals surface area contributed by atoms with Crippen LogP contribution in [0.3, 0.4) is 0 Å². The van der Waals surface area contributed by atoms with Crippen LogP contribution in [-0.2, 0) is 4.74 Å². The summed E-state index contributed by atoms with van der Waals surface area (Å²) >= 11 is 4.73. The Morgan fingerprint density at radius 2 is 2.12 bits per heavy atom. The van der Waals surface area contributed by atoms with E-state index in [1.165, 1.54) is 11.3 Å². The Hall–Kier alpha value is -1.20. The molecule has 2 rings (SSSR count). The van der Waals surface area contributed by atoms with Gasteiger partial charge in [0.05, 0.1) is 11.5 Å². The molecule has 1 heterocycles. The molecule has 17 heavy (non-hydrogen) atoms. The largest absolute Gasteiger partial charge is 0.461 e. The topological polar surface area (TPSA) is 39.2 Å². The van der Waals surface area contributed by atoms with Gasteiger partial charge in [0.1, 0.15) is 0 Å².